The minimum Gasteiger partial charge on any atom is -0.354 e. The number of nitrogens with one attached hydrogen (secondary N) is 2. The molecule has 0 aromatic carbocycles. The van der Waals surface area contributed by atoms with E-state index in [1.165, 1.54) is 55.6 Å². The van der Waals surface area contributed by atoms with Crippen molar-refractivity contribution >= 4 is 42.1 Å². The van der Waals surface area contributed by atoms with Crippen LogP contribution in [0, 0.1) is 5.92 Å². The summed E-state index contributed by atoms with van der Waals surface area (Å²) in [5.74, 6) is 1.48. The van der Waals surface area contributed by atoms with Gasteiger partial charge in [0, 0.05) is 30.9 Å². The zero-order valence-electron chi connectivity index (χ0n) is 17.2. The van der Waals surface area contributed by atoms with Gasteiger partial charge in [0.25, 0.3) is 0 Å². The fourth-order valence-electron chi connectivity index (χ4n) is 4.90. The molecule has 3 heterocycles. The highest BCUT2D eigenvalue weighted by Gasteiger charge is 2.25. The predicted molar refractivity (Wildman–Crippen MR) is 124 cm³/mol. The Bertz CT molecular complexity index is 618. The van der Waals surface area contributed by atoms with Crippen LogP contribution in [0.5, 0.6) is 0 Å². The number of likely N-dealkylation sites (tertiary alicyclic amines) is 1. The summed E-state index contributed by atoms with van der Waals surface area (Å²) in [6, 6.07) is 0.0397. The molecule has 2 atom stereocenters. The van der Waals surface area contributed by atoms with Gasteiger partial charge in [-0.05, 0) is 57.5 Å². The van der Waals surface area contributed by atoms with Crippen LogP contribution in [0.4, 0.5) is 0 Å². The molecular weight excluding hydrogens is 427 g/mol. The number of thiazole rings is 1. The van der Waals surface area contributed by atoms with Gasteiger partial charge in [-0.15, -0.1) is 36.2 Å². The van der Waals surface area contributed by atoms with Crippen LogP contribution in [0.25, 0.3) is 0 Å². The zero-order chi connectivity index (χ0) is 18.5. The normalized spacial score (nSPS) is 25.8. The molecule has 1 aromatic rings. The lowest BCUT2D eigenvalue weighted by atomic mass is 9.90. The number of carbonyl (C=O) groups excluding carboxylic acids is 1. The van der Waals surface area contributed by atoms with Crippen molar-refractivity contribution in [1.82, 2.24) is 20.5 Å². The molecule has 8 heteroatoms. The first-order chi connectivity index (χ1) is 13.3. The van der Waals surface area contributed by atoms with Crippen molar-refractivity contribution in [3.63, 3.8) is 0 Å². The van der Waals surface area contributed by atoms with Crippen LogP contribution in [0.15, 0.2) is 5.38 Å². The summed E-state index contributed by atoms with van der Waals surface area (Å²) in [6.07, 6.45) is 11.3. The highest BCUT2D eigenvalue weighted by Crippen LogP contribution is 2.34. The van der Waals surface area contributed by atoms with Crippen LogP contribution in [0.3, 0.4) is 0 Å². The molecule has 0 spiro atoms. The first-order valence-corrected chi connectivity index (χ1v) is 11.8. The van der Waals surface area contributed by atoms with Gasteiger partial charge >= 0.3 is 0 Å². The van der Waals surface area contributed by atoms with E-state index < -0.39 is 0 Å². The monoisotopic (exact) mass is 462 g/mol. The van der Waals surface area contributed by atoms with Gasteiger partial charge in [-0.25, -0.2) is 4.98 Å². The molecule has 0 radical (unpaired) electrons. The summed E-state index contributed by atoms with van der Waals surface area (Å²) in [4.78, 5) is 19.7. The van der Waals surface area contributed by atoms with Gasteiger partial charge in [0.15, 0.2) is 0 Å². The van der Waals surface area contributed by atoms with Crippen LogP contribution in [-0.4, -0.2) is 48.0 Å². The molecule has 3 fully saturated rings. The number of piperidine rings is 1. The SMILES string of the molecule is Cl.Cl.O=C(NCC1CCCN(Cc2csc(C3CCCCC3)n2)C1)C1CCCN1. The second-order valence-corrected chi connectivity index (χ2v) is 9.54. The van der Waals surface area contributed by atoms with E-state index in [1.54, 1.807) is 0 Å². The highest BCUT2D eigenvalue weighted by molar-refractivity contribution is 7.09. The minimum absolute atomic E-state index is 0. The van der Waals surface area contributed by atoms with Crippen molar-refractivity contribution < 1.29 is 4.79 Å². The quantitative estimate of drug-likeness (QED) is 0.667. The lowest BCUT2D eigenvalue weighted by Crippen LogP contribution is -2.45. The van der Waals surface area contributed by atoms with Crippen molar-refractivity contribution in [3.8, 4) is 0 Å². The molecule has 2 N–H and O–H groups in total. The Balaban J connectivity index is 0.00000150. The smallest absolute Gasteiger partial charge is 0.237 e. The molecule has 2 unspecified atom stereocenters. The molecule has 0 bridgehead atoms. The van der Waals surface area contributed by atoms with Gasteiger partial charge in [-0.3, -0.25) is 9.69 Å². The summed E-state index contributed by atoms with van der Waals surface area (Å²) in [7, 11) is 0. The van der Waals surface area contributed by atoms with Crippen molar-refractivity contribution in [2.75, 3.05) is 26.2 Å². The first-order valence-electron chi connectivity index (χ1n) is 11.0. The second kappa shape index (κ2) is 12.5. The van der Waals surface area contributed by atoms with Crippen LogP contribution >= 0.6 is 36.2 Å². The van der Waals surface area contributed by atoms with Crippen molar-refractivity contribution in [2.45, 2.75) is 76.3 Å². The third kappa shape index (κ3) is 7.06. The van der Waals surface area contributed by atoms with Gasteiger partial charge in [-0.2, -0.15) is 0 Å². The van der Waals surface area contributed by atoms with Crippen LogP contribution in [0.1, 0.15) is 74.4 Å². The first kappa shape index (κ1) is 24.9. The topological polar surface area (TPSA) is 57.3 Å². The maximum absolute atomic E-state index is 12.2. The van der Waals surface area contributed by atoms with Gasteiger partial charge in [0.1, 0.15) is 0 Å². The number of aromatic nitrogens is 1. The number of halogens is 2. The predicted octanol–water partition coefficient (Wildman–Crippen LogP) is 4.11. The van der Waals surface area contributed by atoms with E-state index in [9.17, 15) is 4.79 Å². The van der Waals surface area contributed by atoms with Crippen molar-refractivity contribution in [2.24, 2.45) is 5.92 Å². The van der Waals surface area contributed by atoms with E-state index in [4.69, 9.17) is 4.98 Å². The lowest BCUT2D eigenvalue weighted by molar-refractivity contribution is -0.123. The summed E-state index contributed by atoms with van der Waals surface area (Å²) in [6.45, 7) is 5.00. The number of hydrogen-bond acceptors (Lipinski definition) is 5. The number of amides is 1. The van der Waals surface area contributed by atoms with Gasteiger partial charge in [0.05, 0.1) is 16.7 Å². The highest BCUT2D eigenvalue weighted by atomic mass is 35.5. The molecule has 29 heavy (non-hydrogen) atoms. The van der Waals surface area contributed by atoms with E-state index in [0.717, 1.165) is 45.6 Å². The second-order valence-electron chi connectivity index (χ2n) is 8.65. The molecule has 4 rings (SSSR count). The third-order valence-electron chi connectivity index (χ3n) is 6.45. The van der Waals surface area contributed by atoms with E-state index in [1.807, 2.05) is 11.3 Å². The maximum Gasteiger partial charge on any atom is 0.237 e. The largest absolute Gasteiger partial charge is 0.354 e. The van der Waals surface area contributed by atoms with Gasteiger partial charge in [-0.1, -0.05) is 19.3 Å². The zero-order valence-corrected chi connectivity index (χ0v) is 19.7. The fraction of sp³-hybridized carbons (Fsp3) is 0.810. The molecule has 3 aliphatic rings. The summed E-state index contributed by atoms with van der Waals surface area (Å²) >= 11 is 1.87. The Morgan fingerprint density at radius 3 is 2.72 bits per heavy atom. The summed E-state index contributed by atoms with van der Waals surface area (Å²) in [5, 5.41) is 10.1. The standard InChI is InChI=1S/C21H34N4OS.2ClH/c26-20(19-9-4-10-22-19)23-12-16-6-5-11-25(13-16)14-18-15-27-21(24-18)17-7-2-1-3-8-17;;/h15-17,19,22H,1-14H2,(H,23,26);2*1H. The number of carbonyl (C=O) groups is 1. The van der Waals surface area contributed by atoms with E-state index in [0.29, 0.717) is 11.8 Å². The Morgan fingerprint density at radius 2 is 1.97 bits per heavy atom. The Hall–Kier alpha value is -0.400. The molecule has 1 aromatic heterocycles. The van der Waals surface area contributed by atoms with Crippen molar-refractivity contribution in [3.05, 3.63) is 16.1 Å². The van der Waals surface area contributed by atoms with E-state index in [2.05, 4.69) is 20.9 Å². The molecule has 166 valence electrons. The summed E-state index contributed by atoms with van der Waals surface area (Å²) < 4.78 is 0. The molecule has 1 amide bonds. The molecule has 2 saturated heterocycles. The molecule has 1 aliphatic carbocycles. The summed E-state index contributed by atoms with van der Waals surface area (Å²) in [5.41, 5.74) is 1.25. The van der Waals surface area contributed by atoms with Crippen LogP contribution < -0.4 is 10.6 Å². The number of rotatable bonds is 6. The molecule has 5 nitrogen and oxygen atoms in total. The van der Waals surface area contributed by atoms with Crippen molar-refractivity contribution in [1.29, 1.82) is 0 Å². The Kier molecular flexibility index (Phi) is 10.7. The molecule has 1 saturated carbocycles. The van der Waals surface area contributed by atoms with Gasteiger partial charge < -0.3 is 10.6 Å². The Morgan fingerprint density at radius 1 is 1.14 bits per heavy atom. The van der Waals surface area contributed by atoms with Crippen LogP contribution in [0.2, 0.25) is 0 Å². The fourth-order valence-corrected chi connectivity index (χ4v) is 5.88. The van der Waals surface area contributed by atoms with E-state index in [-0.39, 0.29) is 36.8 Å². The van der Waals surface area contributed by atoms with Gasteiger partial charge in [0.2, 0.25) is 5.91 Å². The maximum atomic E-state index is 12.2. The number of nitrogens with zero attached hydrogens (tertiary/aromatic N) is 2. The molecular formula is C21H36Cl2N4OS. The number of hydrogen-bond donors (Lipinski definition) is 2. The van der Waals surface area contributed by atoms with Crippen LogP contribution in [-0.2, 0) is 11.3 Å². The minimum atomic E-state index is 0. The average molecular weight is 464 g/mol. The van der Waals surface area contributed by atoms with E-state index >= 15 is 0 Å². The Labute approximate surface area is 191 Å². The average Bonchev–Trinajstić information content (AvgIpc) is 3.39. The molecule has 2 aliphatic heterocycles. The third-order valence-corrected chi connectivity index (χ3v) is 7.51. The lowest BCUT2D eigenvalue weighted by Gasteiger charge is -2.32.